The van der Waals surface area contributed by atoms with Gasteiger partial charge < -0.3 is 4.90 Å². The van der Waals surface area contributed by atoms with Gasteiger partial charge in [-0.25, -0.2) is 0 Å². The van der Waals surface area contributed by atoms with Crippen molar-refractivity contribution in [3.8, 4) is 22.3 Å². The standard InChI is InChI=1S/C45H33NSi/c1-2-18-33-30(15-1)39(46-37-22-8-6-20-35(37)45(27-13-14-28-45)36-21-7-9-23-38(36)46)29-43-44(33)34-19-5-12-26-42(34)47(43)40-24-10-3-16-31(40)32-17-4-11-25-41(32)47/h1-12,15-26,29H,13-14,27-28H2. The minimum absolute atomic E-state index is 0.0890. The topological polar surface area (TPSA) is 3.24 Å². The van der Waals surface area contributed by atoms with E-state index in [9.17, 15) is 0 Å². The highest BCUT2D eigenvalue weighted by Crippen LogP contribution is 2.59. The maximum absolute atomic E-state index is 2.64. The Balaban J connectivity index is 1.30. The van der Waals surface area contributed by atoms with E-state index < -0.39 is 8.07 Å². The van der Waals surface area contributed by atoms with Crippen LogP contribution in [0.5, 0.6) is 0 Å². The molecule has 7 aromatic rings. The zero-order chi connectivity index (χ0) is 30.7. The lowest BCUT2D eigenvalue weighted by atomic mass is 9.69. The molecule has 0 unspecified atom stereocenters. The van der Waals surface area contributed by atoms with Crippen molar-refractivity contribution in [3.63, 3.8) is 0 Å². The van der Waals surface area contributed by atoms with Crippen molar-refractivity contribution in [2.45, 2.75) is 31.1 Å². The summed E-state index contributed by atoms with van der Waals surface area (Å²) in [5.74, 6) is 0. The van der Waals surface area contributed by atoms with Crippen LogP contribution in [0.2, 0.25) is 0 Å². The summed E-state index contributed by atoms with van der Waals surface area (Å²) in [7, 11) is -2.61. The molecule has 0 atom stereocenters. The fourth-order valence-corrected chi connectivity index (χ4v) is 15.9. The summed E-state index contributed by atoms with van der Waals surface area (Å²) in [6.45, 7) is 0. The molecular weight excluding hydrogens is 583 g/mol. The van der Waals surface area contributed by atoms with Gasteiger partial charge in [-0.15, -0.1) is 0 Å². The molecule has 0 saturated heterocycles. The molecule has 1 nitrogen and oxygen atoms in total. The molecule has 0 aromatic heterocycles. The lowest BCUT2D eigenvalue weighted by Gasteiger charge is -2.44. The van der Waals surface area contributed by atoms with Gasteiger partial charge in [0.2, 0.25) is 0 Å². The first-order chi connectivity index (χ1) is 23.3. The van der Waals surface area contributed by atoms with Crippen LogP contribution in [-0.2, 0) is 5.41 Å². The van der Waals surface area contributed by atoms with Gasteiger partial charge in [-0.3, -0.25) is 0 Å². The molecule has 0 amide bonds. The molecule has 1 aliphatic carbocycles. The second-order valence-corrected chi connectivity index (χ2v) is 17.6. The van der Waals surface area contributed by atoms with Crippen LogP contribution >= 0.6 is 0 Å². The summed E-state index contributed by atoms with van der Waals surface area (Å²) in [5.41, 5.74) is 12.7. The van der Waals surface area contributed by atoms with E-state index in [-0.39, 0.29) is 5.41 Å². The van der Waals surface area contributed by atoms with Gasteiger partial charge in [0, 0.05) is 10.8 Å². The Morgan fingerprint density at radius 1 is 0.426 bits per heavy atom. The van der Waals surface area contributed by atoms with Gasteiger partial charge in [-0.2, -0.15) is 0 Å². The fourth-order valence-electron chi connectivity index (χ4n) is 10.3. The zero-order valence-electron chi connectivity index (χ0n) is 26.2. The predicted octanol–water partition coefficient (Wildman–Crippen LogP) is 8.82. The number of hydrogen-bond acceptors (Lipinski definition) is 1. The Morgan fingerprint density at radius 2 is 0.894 bits per heavy atom. The summed E-state index contributed by atoms with van der Waals surface area (Å²) in [6.07, 6.45) is 5.02. The lowest BCUT2D eigenvalue weighted by Crippen LogP contribution is -2.70. The normalized spacial score (nSPS) is 16.9. The van der Waals surface area contributed by atoms with Crippen molar-refractivity contribution in [3.05, 3.63) is 163 Å². The average Bonchev–Trinajstić information content (AvgIpc) is 3.83. The molecule has 0 radical (unpaired) electrons. The summed E-state index contributed by atoms with van der Waals surface area (Å²) in [4.78, 5) is 2.63. The Kier molecular flexibility index (Phi) is 5.09. The Bertz CT molecular complexity index is 2350. The molecule has 47 heavy (non-hydrogen) atoms. The Labute approximate surface area is 276 Å². The zero-order valence-corrected chi connectivity index (χ0v) is 27.2. The number of nitrogens with zero attached hydrogens (tertiary/aromatic N) is 1. The molecule has 1 fully saturated rings. The molecule has 222 valence electrons. The summed E-state index contributed by atoms with van der Waals surface area (Å²) < 4.78 is 0. The second kappa shape index (κ2) is 9.21. The second-order valence-electron chi connectivity index (χ2n) is 13.9. The van der Waals surface area contributed by atoms with E-state index in [2.05, 4.69) is 157 Å². The number of hydrogen-bond donors (Lipinski definition) is 0. The van der Waals surface area contributed by atoms with E-state index in [0.717, 1.165) is 0 Å². The molecule has 0 N–H and O–H groups in total. The average molecular weight is 616 g/mol. The van der Waals surface area contributed by atoms with E-state index in [1.54, 1.807) is 0 Å². The quantitative estimate of drug-likeness (QED) is 0.167. The van der Waals surface area contributed by atoms with E-state index in [1.165, 1.54) is 108 Å². The summed E-state index contributed by atoms with van der Waals surface area (Å²) >= 11 is 0. The lowest BCUT2D eigenvalue weighted by molar-refractivity contribution is 0.530. The minimum atomic E-state index is -2.61. The summed E-state index contributed by atoms with van der Waals surface area (Å²) in [6, 6.07) is 58.4. The maximum atomic E-state index is 2.64. The molecule has 7 aromatic carbocycles. The van der Waals surface area contributed by atoms with Crippen molar-refractivity contribution in [2.24, 2.45) is 0 Å². The van der Waals surface area contributed by atoms with Gasteiger partial charge in [0.15, 0.2) is 8.07 Å². The summed E-state index contributed by atoms with van der Waals surface area (Å²) in [5, 5.41) is 8.78. The first kappa shape index (κ1) is 25.9. The highest BCUT2D eigenvalue weighted by atomic mass is 28.3. The van der Waals surface area contributed by atoms with Gasteiger partial charge in [-0.1, -0.05) is 146 Å². The highest BCUT2D eigenvalue weighted by molar-refractivity contribution is 7.24. The minimum Gasteiger partial charge on any atom is -0.309 e. The van der Waals surface area contributed by atoms with Crippen LogP contribution in [0, 0.1) is 0 Å². The smallest absolute Gasteiger partial charge is 0.182 e. The SMILES string of the molecule is c1ccc2c(c1)-c1ccccc1[Si]21c2ccccc2-c2c1cc(N1c3ccccc3C3(CCCC3)c3ccccc31)c1ccccc21. The van der Waals surface area contributed by atoms with E-state index in [0.29, 0.717) is 0 Å². The molecule has 0 bridgehead atoms. The number of fused-ring (bicyclic) bond motifs is 16. The predicted molar refractivity (Wildman–Crippen MR) is 199 cm³/mol. The van der Waals surface area contributed by atoms with Crippen LogP contribution in [0.15, 0.2) is 152 Å². The number of anilines is 3. The number of benzene rings is 7. The number of para-hydroxylation sites is 2. The van der Waals surface area contributed by atoms with Crippen molar-refractivity contribution in [2.75, 3.05) is 4.90 Å². The molecule has 3 aliphatic heterocycles. The molecule has 2 spiro atoms. The Hall–Kier alpha value is -5.18. The van der Waals surface area contributed by atoms with Crippen molar-refractivity contribution in [1.29, 1.82) is 0 Å². The van der Waals surface area contributed by atoms with Gasteiger partial charge in [0.25, 0.3) is 0 Å². The van der Waals surface area contributed by atoms with Gasteiger partial charge in [0.05, 0.1) is 17.1 Å². The number of rotatable bonds is 1. The third-order valence-corrected chi connectivity index (χ3v) is 16.9. The third-order valence-electron chi connectivity index (χ3n) is 12.0. The molecule has 4 aliphatic rings. The Morgan fingerprint density at radius 3 is 1.51 bits per heavy atom. The van der Waals surface area contributed by atoms with E-state index in [1.807, 2.05) is 0 Å². The molecular formula is C45H33NSi. The van der Waals surface area contributed by atoms with Crippen LogP contribution in [0.4, 0.5) is 17.1 Å². The van der Waals surface area contributed by atoms with Gasteiger partial charge in [-0.05, 0) is 90.6 Å². The van der Waals surface area contributed by atoms with Crippen LogP contribution in [0.1, 0.15) is 36.8 Å². The van der Waals surface area contributed by atoms with Crippen LogP contribution in [-0.4, -0.2) is 8.07 Å². The molecule has 2 heteroatoms. The van der Waals surface area contributed by atoms with Crippen molar-refractivity contribution < 1.29 is 0 Å². The maximum Gasteiger partial charge on any atom is 0.182 e. The first-order valence-electron chi connectivity index (χ1n) is 17.2. The monoisotopic (exact) mass is 615 g/mol. The molecule has 11 rings (SSSR count). The van der Waals surface area contributed by atoms with Crippen LogP contribution in [0.25, 0.3) is 33.0 Å². The van der Waals surface area contributed by atoms with Crippen LogP contribution in [0.3, 0.4) is 0 Å². The largest absolute Gasteiger partial charge is 0.309 e. The van der Waals surface area contributed by atoms with E-state index in [4.69, 9.17) is 0 Å². The van der Waals surface area contributed by atoms with Crippen molar-refractivity contribution >= 4 is 56.7 Å². The molecule has 1 saturated carbocycles. The molecule has 3 heterocycles. The third kappa shape index (κ3) is 3.06. The first-order valence-corrected chi connectivity index (χ1v) is 19.2. The van der Waals surface area contributed by atoms with E-state index >= 15 is 0 Å². The van der Waals surface area contributed by atoms with Gasteiger partial charge >= 0.3 is 0 Å². The highest BCUT2D eigenvalue weighted by Gasteiger charge is 2.55. The van der Waals surface area contributed by atoms with Crippen molar-refractivity contribution in [1.82, 2.24) is 0 Å². The van der Waals surface area contributed by atoms with Gasteiger partial charge in [0.1, 0.15) is 0 Å². The van der Waals surface area contributed by atoms with Crippen LogP contribution < -0.4 is 25.6 Å². The fraction of sp³-hybridized carbons (Fsp3) is 0.111.